The maximum atomic E-state index is 12.7. The maximum Gasteiger partial charge on any atom is 0.253 e. The molecule has 150 valence electrons. The van der Waals surface area contributed by atoms with Crippen LogP contribution < -0.4 is 0 Å². The Morgan fingerprint density at radius 2 is 1.61 bits per heavy atom. The summed E-state index contributed by atoms with van der Waals surface area (Å²) in [5.41, 5.74) is 5.23. The molecule has 2 aromatic rings. The zero-order valence-corrected chi connectivity index (χ0v) is 17.4. The molecule has 1 aliphatic heterocycles. The Balaban J connectivity index is 1.51. The number of aryl methyl sites for hydroxylation is 3. The standard InChI is InChI=1S/C22H30N4O2/c1-5-18-6-8-19(9-7-18)22(28)26-14-12-25(13-15-26)21(27)11-10-20-16(2)23-24(4)17(20)3/h6-9H,5,10-15H2,1-4H3. The van der Waals surface area contributed by atoms with Crippen LogP contribution in [0.3, 0.4) is 0 Å². The van der Waals surface area contributed by atoms with Crippen molar-refractivity contribution in [3.05, 3.63) is 52.3 Å². The molecule has 6 nitrogen and oxygen atoms in total. The lowest BCUT2D eigenvalue weighted by Gasteiger charge is -2.35. The summed E-state index contributed by atoms with van der Waals surface area (Å²) in [5, 5.41) is 4.42. The molecular weight excluding hydrogens is 352 g/mol. The van der Waals surface area contributed by atoms with Crippen LogP contribution in [0.5, 0.6) is 0 Å². The van der Waals surface area contributed by atoms with Crippen molar-refractivity contribution in [2.45, 2.75) is 40.0 Å². The van der Waals surface area contributed by atoms with E-state index in [9.17, 15) is 9.59 Å². The van der Waals surface area contributed by atoms with Gasteiger partial charge in [-0.3, -0.25) is 14.3 Å². The second kappa shape index (κ2) is 8.59. The van der Waals surface area contributed by atoms with Gasteiger partial charge in [-0.05, 0) is 49.9 Å². The van der Waals surface area contributed by atoms with E-state index in [4.69, 9.17) is 0 Å². The fraction of sp³-hybridized carbons (Fsp3) is 0.500. The first-order chi connectivity index (χ1) is 13.4. The first-order valence-corrected chi connectivity index (χ1v) is 10.1. The molecule has 3 rings (SSSR count). The van der Waals surface area contributed by atoms with Crippen LogP contribution in [0.25, 0.3) is 0 Å². The van der Waals surface area contributed by atoms with Crippen molar-refractivity contribution < 1.29 is 9.59 Å². The van der Waals surface area contributed by atoms with E-state index in [0.29, 0.717) is 39.0 Å². The summed E-state index contributed by atoms with van der Waals surface area (Å²) in [6.07, 6.45) is 2.17. The highest BCUT2D eigenvalue weighted by Crippen LogP contribution is 2.16. The van der Waals surface area contributed by atoms with Crippen LogP contribution in [0.2, 0.25) is 0 Å². The molecule has 1 aromatic heterocycles. The monoisotopic (exact) mass is 382 g/mol. The van der Waals surface area contributed by atoms with Crippen molar-refractivity contribution in [2.75, 3.05) is 26.2 Å². The zero-order chi connectivity index (χ0) is 20.3. The molecule has 2 heterocycles. The van der Waals surface area contributed by atoms with E-state index >= 15 is 0 Å². The topological polar surface area (TPSA) is 58.4 Å². The molecule has 1 saturated heterocycles. The highest BCUT2D eigenvalue weighted by Gasteiger charge is 2.25. The molecule has 0 unspecified atom stereocenters. The summed E-state index contributed by atoms with van der Waals surface area (Å²) >= 11 is 0. The van der Waals surface area contributed by atoms with Gasteiger partial charge in [0, 0.05) is 50.9 Å². The van der Waals surface area contributed by atoms with Crippen LogP contribution in [-0.4, -0.2) is 57.6 Å². The van der Waals surface area contributed by atoms with Crippen LogP contribution in [0.1, 0.15) is 46.2 Å². The Bertz CT molecular complexity index is 846. The molecule has 6 heteroatoms. The second-order valence-electron chi connectivity index (χ2n) is 7.50. The lowest BCUT2D eigenvalue weighted by Crippen LogP contribution is -2.50. The van der Waals surface area contributed by atoms with Crippen molar-refractivity contribution in [3.63, 3.8) is 0 Å². The second-order valence-corrected chi connectivity index (χ2v) is 7.50. The number of nitrogens with zero attached hydrogens (tertiary/aromatic N) is 4. The van der Waals surface area contributed by atoms with Gasteiger partial charge in [0.25, 0.3) is 5.91 Å². The summed E-state index contributed by atoms with van der Waals surface area (Å²) < 4.78 is 1.87. The molecule has 0 N–H and O–H groups in total. The first-order valence-electron chi connectivity index (χ1n) is 10.1. The van der Waals surface area contributed by atoms with Crippen LogP contribution in [-0.2, 0) is 24.7 Å². The minimum absolute atomic E-state index is 0.0522. The normalized spacial score (nSPS) is 14.4. The number of carbonyl (C=O) groups is 2. The van der Waals surface area contributed by atoms with E-state index in [1.165, 1.54) is 11.1 Å². The zero-order valence-electron chi connectivity index (χ0n) is 17.4. The van der Waals surface area contributed by atoms with Gasteiger partial charge in [0.15, 0.2) is 0 Å². The summed E-state index contributed by atoms with van der Waals surface area (Å²) in [6, 6.07) is 7.82. The Labute approximate surface area is 167 Å². The molecule has 28 heavy (non-hydrogen) atoms. The predicted octanol–water partition coefficient (Wildman–Crippen LogP) is 2.52. The molecule has 0 bridgehead atoms. The van der Waals surface area contributed by atoms with Gasteiger partial charge in [0.2, 0.25) is 5.91 Å². The number of hydrogen-bond donors (Lipinski definition) is 0. The summed E-state index contributed by atoms with van der Waals surface area (Å²) in [7, 11) is 1.93. The largest absolute Gasteiger partial charge is 0.339 e. The van der Waals surface area contributed by atoms with E-state index < -0.39 is 0 Å². The molecule has 0 aliphatic carbocycles. The Kier molecular flexibility index (Phi) is 6.17. The number of benzene rings is 1. The predicted molar refractivity (Wildman–Crippen MR) is 109 cm³/mol. The number of rotatable bonds is 5. The van der Waals surface area contributed by atoms with Crippen molar-refractivity contribution in [1.82, 2.24) is 19.6 Å². The fourth-order valence-electron chi connectivity index (χ4n) is 3.79. The van der Waals surface area contributed by atoms with Gasteiger partial charge in [-0.15, -0.1) is 0 Å². The van der Waals surface area contributed by atoms with Crippen molar-refractivity contribution >= 4 is 11.8 Å². The third-order valence-electron chi connectivity index (χ3n) is 5.78. The van der Waals surface area contributed by atoms with E-state index in [1.807, 2.05) is 59.6 Å². The lowest BCUT2D eigenvalue weighted by molar-refractivity contribution is -0.132. The molecule has 0 spiro atoms. The van der Waals surface area contributed by atoms with Crippen LogP contribution >= 0.6 is 0 Å². The molecule has 0 saturated carbocycles. The first kappa shape index (κ1) is 20.1. The smallest absolute Gasteiger partial charge is 0.253 e. The van der Waals surface area contributed by atoms with Gasteiger partial charge >= 0.3 is 0 Å². The van der Waals surface area contributed by atoms with Crippen molar-refractivity contribution in [1.29, 1.82) is 0 Å². The van der Waals surface area contributed by atoms with Crippen LogP contribution in [0.15, 0.2) is 24.3 Å². The van der Waals surface area contributed by atoms with Gasteiger partial charge in [-0.25, -0.2) is 0 Å². The minimum atomic E-state index is 0.0522. The molecule has 2 amide bonds. The number of piperazine rings is 1. The highest BCUT2D eigenvalue weighted by atomic mass is 16.2. The third kappa shape index (κ3) is 4.26. The average molecular weight is 383 g/mol. The van der Waals surface area contributed by atoms with E-state index in [0.717, 1.165) is 23.4 Å². The van der Waals surface area contributed by atoms with Gasteiger partial charge in [-0.1, -0.05) is 19.1 Å². The lowest BCUT2D eigenvalue weighted by atomic mass is 10.1. The van der Waals surface area contributed by atoms with Gasteiger partial charge < -0.3 is 9.80 Å². The summed E-state index contributed by atoms with van der Waals surface area (Å²) in [6.45, 7) is 8.51. The minimum Gasteiger partial charge on any atom is -0.339 e. The molecule has 0 atom stereocenters. The van der Waals surface area contributed by atoms with E-state index in [2.05, 4.69) is 12.0 Å². The molecule has 1 aliphatic rings. The number of amides is 2. The number of hydrogen-bond acceptors (Lipinski definition) is 3. The van der Waals surface area contributed by atoms with E-state index in [1.54, 1.807) is 0 Å². The number of carbonyl (C=O) groups excluding carboxylic acids is 2. The maximum absolute atomic E-state index is 12.7. The van der Waals surface area contributed by atoms with E-state index in [-0.39, 0.29) is 11.8 Å². The van der Waals surface area contributed by atoms with Crippen molar-refractivity contribution in [2.24, 2.45) is 7.05 Å². The summed E-state index contributed by atoms with van der Waals surface area (Å²) in [4.78, 5) is 29.0. The average Bonchev–Trinajstić information content (AvgIpc) is 2.97. The van der Waals surface area contributed by atoms with Gasteiger partial charge in [0.1, 0.15) is 0 Å². The highest BCUT2D eigenvalue weighted by molar-refractivity contribution is 5.94. The molecule has 0 radical (unpaired) electrons. The molecule has 1 fully saturated rings. The van der Waals surface area contributed by atoms with Crippen molar-refractivity contribution in [3.8, 4) is 0 Å². The molecular formula is C22H30N4O2. The number of aromatic nitrogens is 2. The SMILES string of the molecule is CCc1ccc(C(=O)N2CCN(C(=O)CCc3c(C)nn(C)c3C)CC2)cc1. The van der Waals surface area contributed by atoms with Crippen LogP contribution in [0, 0.1) is 13.8 Å². The Hall–Kier alpha value is -2.63. The van der Waals surface area contributed by atoms with Gasteiger partial charge in [0.05, 0.1) is 5.69 Å². The summed E-state index contributed by atoms with van der Waals surface area (Å²) in [5.74, 6) is 0.207. The Morgan fingerprint density at radius 1 is 1.00 bits per heavy atom. The molecule has 1 aromatic carbocycles. The Morgan fingerprint density at radius 3 is 2.14 bits per heavy atom. The third-order valence-corrected chi connectivity index (χ3v) is 5.78. The van der Waals surface area contributed by atoms with Gasteiger partial charge in [-0.2, -0.15) is 5.10 Å². The fourth-order valence-corrected chi connectivity index (χ4v) is 3.79. The quantitative estimate of drug-likeness (QED) is 0.798. The van der Waals surface area contributed by atoms with Crippen LogP contribution in [0.4, 0.5) is 0 Å².